The number of nitrogen functional groups attached to an aromatic ring is 2. The summed E-state index contributed by atoms with van der Waals surface area (Å²) < 4.78 is 0. The Morgan fingerprint density at radius 2 is 2.00 bits per heavy atom. The molecule has 0 saturated heterocycles. The van der Waals surface area contributed by atoms with Crippen molar-refractivity contribution in [2.45, 2.75) is 19.8 Å². The van der Waals surface area contributed by atoms with Gasteiger partial charge in [0.05, 0.1) is 17.6 Å². The highest BCUT2D eigenvalue weighted by Crippen LogP contribution is 2.13. The standard InChI is InChI=1S/C8H13N3.ClH/c1-2-3-6-4-7(9)8(10)5-11-6;/h4-5H,2-3,10H2,1H3,(H2,9,11);1H. The molecule has 0 saturated carbocycles. The number of rotatable bonds is 2. The molecule has 0 radical (unpaired) electrons. The maximum absolute atomic E-state index is 5.59. The van der Waals surface area contributed by atoms with Gasteiger partial charge in [-0.2, -0.15) is 0 Å². The van der Waals surface area contributed by atoms with E-state index in [1.807, 2.05) is 6.07 Å². The van der Waals surface area contributed by atoms with Gasteiger partial charge in [0.15, 0.2) is 0 Å². The molecule has 3 nitrogen and oxygen atoms in total. The molecule has 0 fully saturated rings. The molecule has 0 unspecified atom stereocenters. The number of hydrogen-bond acceptors (Lipinski definition) is 3. The van der Waals surface area contributed by atoms with E-state index in [2.05, 4.69) is 11.9 Å². The molecule has 4 heteroatoms. The van der Waals surface area contributed by atoms with Crippen LogP contribution in [0.2, 0.25) is 0 Å². The van der Waals surface area contributed by atoms with Crippen LogP contribution in [0, 0.1) is 0 Å². The molecule has 1 aromatic rings. The van der Waals surface area contributed by atoms with Crippen LogP contribution in [0.5, 0.6) is 0 Å². The summed E-state index contributed by atoms with van der Waals surface area (Å²) >= 11 is 0. The van der Waals surface area contributed by atoms with E-state index in [-0.39, 0.29) is 12.4 Å². The second-order valence-corrected chi connectivity index (χ2v) is 2.55. The van der Waals surface area contributed by atoms with Crippen LogP contribution < -0.4 is 11.5 Å². The minimum atomic E-state index is 0. The monoisotopic (exact) mass is 187 g/mol. The van der Waals surface area contributed by atoms with Gasteiger partial charge in [-0.25, -0.2) is 0 Å². The normalized spacial score (nSPS) is 9.08. The van der Waals surface area contributed by atoms with Crippen molar-refractivity contribution in [2.75, 3.05) is 11.5 Å². The number of nitrogens with two attached hydrogens (primary N) is 2. The third-order valence-electron chi connectivity index (χ3n) is 1.53. The quantitative estimate of drug-likeness (QED) is 0.740. The van der Waals surface area contributed by atoms with Crippen LogP contribution in [-0.2, 0) is 6.42 Å². The highest BCUT2D eigenvalue weighted by atomic mass is 35.5. The zero-order valence-electron chi connectivity index (χ0n) is 7.08. The van der Waals surface area contributed by atoms with Crippen LogP contribution >= 0.6 is 12.4 Å². The summed E-state index contributed by atoms with van der Waals surface area (Å²) in [6, 6.07) is 1.83. The fraction of sp³-hybridized carbons (Fsp3) is 0.375. The van der Waals surface area contributed by atoms with Gasteiger partial charge in [-0.15, -0.1) is 12.4 Å². The van der Waals surface area contributed by atoms with E-state index in [4.69, 9.17) is 11.5 Å². The summed E-state index contributed by atoms with van der Waals surface area (Å²) in [7, 11) is 0. The number of aryl methyl sites for hydroxylation is 1. The van der Waals surface area contributed by atoms with Crippen molar-refractivity contribution in [3.63, 3.8) is 0 Å². The highest BCUT2D eigenvalue weighted by Gasteiger charge is 1.96. The average molecular weight is 188 g/mol. The minimum Gasteiger partial charge on any atom is -0.397 e. The molecule has 0 aromatic carbocycles. The van der Waals surface area contributed by atoms with Gasteiger partial charge in [0, 0.05) is 5.69 Å². The van der Waals surface area contributed by atoms with Gasteiger partial charge in [-0.05, 0) is 12.5 Å². The molecule has 0 atom stereocenters. The van der Waals surface area contributed by atoms with E-state index in [0.717, 1.165) is 18.5 Å². The van der Waals surface area contributed by atoms with Gasteiger partial charge in [0.2, 0.25) is 0 Å². The predicted molar refractivity (Wildman–Crippen MR) is 54.3 cm³/mol. The molecule has 0 aliphatic rings. The van der Waals surface area contributed by atoms with Gasteiger partial charge in [0.1, 0.15) is 0 Å². The van der Waals surface area contributed by atoms with Crippen LogP contribution in [-0.4, -0.2) is 4.98 Å². The Balaban J connectivity index is 0.00000121. The molecule has 1 rings (SSSR count). The first-order valence-corrected chi connectivity index (χ1v) is 3.74. The third-order valence-corrected chi connectivity index (χ3v) is 1.53. The first-order chi connectivity index (χ1) is 5.24. The molecule has 68 valence electrons. The predicted octanol–water partition coefficient (Wildman–Crippen LogP) is 1.62. The zero-order valence-corrected chi connectivity index (χ0v) is 7.90. The Bertz CT molecular complexity index is 250. The maximum Gasteiger partial charge on any atom is 0.0734 e. The minimum absolute atomic E-state index is 0. The SMILES string of the molecule is CCCc1cc(N)c(N)cn1.Cl. The Hall–Kier alpha value is -0.960. The van der Waals surface area contributed by atoms with Crippen LogP contribution in [0.1, 0.15) is 19.0 Å². The summed E-state index contributed by atoms with van der Waals surface area (Å²) in [6.45, 7) is 2.11. The van der Waals surface area contributed by atoms with Crippen LogP contribution in [0.3, 0.4) is 0 Å². The van der Waals surface area contributed by atoms with Crippen molar-refractivity contribution in [3.05, 3.63) is 18.0 Å². The molecule has 0 aliphatic heterocycles. The second-order valence-electron chi connectivity index (χ2n) is 2.55. The molecule has 0 aliphatic carbocycles. The molecule has 0 amide bonds. The van der Waals surface area contributed by atoms with E-state index in [1.54, 1.807) is 6.20 Å². The summed E-state index contributed by atoms with van der Waals surface area (Å²) in [4.78, 5) is 4.12. The molecule has 0 bridgehead atoms. The largest absolute Gasteiger partial charge is 0.397 e. The fourth-order valence-electron chi connectivity index (χ4n) is 0.920. The Labute approximate surface area is 78.6 Å². The third kappa shape index (κ3) is 2.58. The smallest absolute Gasteiger partial charge is 0.0734 e. The molecule has 0 spiro atoms. The average Bonchev–Trinajstić information content (AvgIpc) is 1.98. The Kier molecular flexibility index (Phi) is 4.44. The van der Waals surface area contributed by atoms with E-state index >= 15 is 0 Å². The molecular weight excluding hydrogens is 174 g/mol. The van der Waals surface area contributed by atoms with E-state index in [0.29, 0.717) is 11.4 Å². The van der Waals surface area contributed by atoms with Crippen molar-refractivity contribution < 1.29 is 0 Å². The van der Waals surface area contributed by atoms with Crippen molar-refractivity contribution in [3.8, 4) is 0 Å². The molecule has 4 N–H and O–H groups in total. The van der Waals surface area contributed by atoms with Crippen LogP contribution in [0.4, 0.5) is 11.4 Å². The van der Waals surface area contributed by atoms with Gasteiger partial charge < -0.3 is 11.5 Å². The van der Waals surface area contributed by atoms with Gasteiger partial charge in [0.25, 0.3) is 0 Å². The van der Waals surface area contributed by atoms with Gasteiger partial charge >= 0.3 is 0 Å². The topological polar surface area (TPSA) is 64.9 Å². The van der Waals surface area contributed by atoms with Crippen molar-refractivity contribution in [1.82, 2.24) is 4.98 Å². The van der Waals surface area contributed by atoms with Crippen LogP contribution in [0.15, 0.2) is 12.3 Å². The fourth-order valence-corrected chi connectivity index (χ4v) is 0.920. The maximum atomic E-state index is 5.59. The Morgan fingerprint density at radius 1 is 1.33 bits per heavy atom. The van der Waals surface area contributed by atoms with Crippen molar-refractivity contribution in [2.24, 2.45) is 0 Å². The van der Waals surface area contributed by atoms with Gasteiger partial charge in [-0.1, -0.05) is 13.3 Å². The Morgan fingerprint density at radius 3 is 2.50 bits per heavy atom. The lowest BCUT2D eigenvalue weighted by atomic mass is 10.2. The van der Waals surface area contributed by atoms with E-state index in [9.17, 15) is 0 Å². The highest BCUT2D eigenvalue weighted by molar-refractivity contribution is 5.85. The van der Waals surface area contributed by atoms with Crippen LogP contribution in [0.25, 0.3) is 0 Å². The number of hydrogen-bond donors (Lipinski definition) is 2. The molecular formula is C8H14ClN3. The second kappa shape index (κ2) is 4.83. The molecule has 1 heterocycles. The first kappa shape index (κ1) is 11.0. The number of anilines is 2. The van der Waals surface area contributed by atoms with Crippen molar-refractivity contribution in [1.29, 1.82) is 0 Å². The lowest BCUT2D eigenvalue weighted by Gasteiger charge is -2.01. The number of halogens is 1. The lowest BCUT2D eigenvalue weighted by molar-refractivity contribution is 0.884. The molecule has 1 aromatic heterocycles. The number of aromatic nitrogens is 1. The molecule has 12 heavy (non-hydrogen) atoms. The van der Waals surface area contributed by atoms with E-state index in [1.165, 1.54) is 0 Å². The summed E-state index contributed by atoms with van der Waals surface area (Å²) in [5, 5.41) is 0. The summed E-state index contributed by atoms with van der Waals surface area (Å²) in [5.74, 6) is 0. The number of nitrogens with zero attached hydrogens (tertiary/aromatic N) is 1. The summed E-state index contributed by atoms with van der Waals surface area (Å²) in [5.41, 5.74) is 13.3. The lowest BCUT2D eigenvalue weighted by Crippen LogP contribution is -1.98. The zero-order chi connectivity index (χ0) is 8.27. The number of pyridine rings is 1. The van der Waals surface area contributed by atoms with Crippen molar-refractivity contribution >= 4 is 23.8 Å². The van der Waals surface area contributed by atoms with E-state index < -0.39 is 0 Å². The van der Waals surface area contributed by atoms with Gasteiger partial charge in [-0.3, -0.25) is 4.98 Å². The first-order valence-electron chi connectivity index (χ1n) is 3.74. The summed E-state index contributed by atoms with van der Waals surface area (Å²) in [6.07, 6.45) is 3.65.